The number of alkyl halides is 3. The molecule has 1 aromatic rings. The van der Waals surface area contributed by atoms with Gasteiger partial charge in [-0.3, -0.25) is 0 Å². The van der Waals surface area contributed by atoms with Crippen molar-refractivity contribution in [2.45, 2.75) is 6.18 Å². The van der Waals surface area contributed by atoms with Crippen LogP contribution in [-0.2, 0) is 6.18 Å². The van der Waals surface area contributed by atoms with Crippen LogP contribution in [0, 0.1) is 11.2 Å². The lowest BCUT2D eigenvalue weighted by Gasteiger charge is -2.07. The molecule has 2 N–H and O–H groups in total. The number of benzene rings is 1. The first-order valence-corrected chi connectivity index (χ1v) is 7.06. The third-order valence-corrected chi connectivity index (χ3v) is 2.44. The van der Waals surface area contributed by atoms with Gasteiger partial charge in [0.2, 0.25) is 0 Å². The van der Waals surface area contributed by atoms with Crippen molar-refractivity contribution in [3.05, 3.63) is 29.3 Å². The summed E-state index contributed by atoms with van der Waals surface area (Å²) in [7, 11) is 1.19. The zero-order chi connectivity index (χ0) is 11.5. The molecule has 0 unspecified atom stereocenters. The Morgan fingerprint density at radius 2 is 2.00 bits per heavy atom. The summed E-state index contributed by atoms with van der Waals surface area (Å²) < 4.78 is 37.0. The second kappa shape index (κ2) is 4.99. The van der Waals surface area contributed by atoms with E-state index in [1.807, 2.05) is 21.2 Å². The van der Waals surface area contributed by atoms with Gasteiger partial charge in [0.15, 0.2) is 0 Å². The van der Waals surface area contributed by atoms with Crippen LogP contribution in [0.3, 0.4) is 0 Å². The molecule has 1 nitrogen and oxygen atoms in total. The van der Waals surface area contributed by atoms with Crippen LogP contribution in [0.1, 0.15) is 11.1 Å². The smallest absolute Gasteiger partial charge is 0.398 e. The molecule has 0 aromatic heterocycles. The van der Waals surface area contributed by atoms with Gasteiger partial charge < -0.3 is 5.73 Å². The molecule has 0 saturated heterocycles. The molecule has 0 spiro atoms. The number of hydrogen-bond acceptors (Lipinski definition) is 2. The fourth-order valence-corrected chi connectivity index (χ4v) is 1.39. The predicted octanol–water partition coefficient (Wildman–Crippen LogP) is 3.68. The molecule has 0 fully saturated rings. The number of rotatable bonds is 0. The second-order valence-electron chi connectivity index (χ2n) is 2.60. The summed E-state index contributed by atoms with van der Waals surface area (Å²) in [5, 5.41) is 2.59. The molecule has 0 aliphatic rings. The summed E-state index contributed by atoms with van der Waals surface area (Å²) in [5.74, 6) is 2.56. The monoisotopic (exact) mass is 343 g/mol. The van der Waals surface area contributed by atoms with Gasteiger partial charge in [0.05, 0.1) is 5.56 Å². The van der Waals surface area contributed by atoms with E-state index in [4.69, 9.17) is 5.73 Å². The Kier molecular flexibility index (Phi) is 4.16. The first kappa shape index (κ1) is 12.5. The van der Waals surface area contributed by atoms with Crippen molar-refractivity contribution in [2.24, 2.45) is 0 Å². The standard InChI is InChI=1S/C9H5F3INS/c10-9(11,12)7-1-2-8(14)6(5-7)3-4-15-13/h1-2,5H,14H2. The Morgan fingerprint density at radius 3 is 2.53 bits per heavy atom. The Morgan fingerprint density at radius 1 is 1.33 bits per heavy atom. The number of hydrogen-bond donors (Lipinski definition) is 1. The molecule has 0 saturated carbocycles. The van der Waals surface area contributed by atoms with Crippen LogP contribution in [0.2, 0.25) is 0 Å². The SMILES string of the molecule is Nc1ccc(C(F)(F)F)cc1C#CSI. The summed E-state index contributed by atoms with van der Waals surface area (Å²) in [6.45, 7) is 0. The molecular weight excluding hydrogens is 338 g/mol. The fraction of sp³-hybridized carbons (Fsp3) is 0.111. The maximum atomic E-state index is 12.3. The second-order valence-corrected chi connectivity index (χ2v) is 4.28. The molecule has 1 aromatic carbocycles. The van der Waals surface area contributed by atoms with E-state index in [0.717, 1.165) is 12.1 Å². The molecule has 0 aliphatic carbocycles. The highest BCUT2D eigenvalue weighted by atomic mass is 127. The van der Waals surface area contributed by atoms with Crippen LogP contribution < -0.4 is 5.73 Å². The van der Waals surface area contributed by atoms with Crippen molar-refractivity contribution < 1.29 is 13.2 Å². The quantitative estimate of drug-likeness (QED) is 0.442. The highest BCUT2D eigenvalue weighted by Crippen LogP contribution is 2.30. The van der Waals surface area contributed by atoms with Crippen molar-refractivity contribution in [3.63, 3.8) is 0 Å². The van der Waals surface area contributed by atoms with Gasteiger partial charge in [-0.05, 0) is 32.4 Å². The Bertz CT molecular complexity index is 420. The maximum Gasteiger partial charge on any atom is 0.416 e. The number of nitrogen functional groups attached to an aromatic ring is 1. The van der Waals surface area contributed by atoms with Gasteiger partial charge in [-0.1, -0.05) is 5.92 Å². The third kappa shape index (κ3) is 3.50. The van der Waals surface area contributed by atoms with E-state index in [1.54, 1.807) is 0 Å². The molecular formula is C9H5F3INS. The van der Waals surface area contributed by atoms with Gasteiger partial charge in [0.1, 0.15) is 0 Å². The average molecular weight is 343 g/mol. The van der Waals surface area contributed by atoms with Gasteiger partial charge in [-0.25, -0.2) is 0 Å². The largest absolute Gasteiger partial charge is 0.416 e. The van der Waals surface area contributed by atoms with E-state index in [0.29, 0.717) is 0 Å². The number of anilines is 1. The van der Waals surface area contributed by atoms with Gasteiger partial charge in [-0.2, -0.15) is 13.2 Å². The lowest BCUT2D eigenvalue weighted by molar-refractivity contribution is -0.137. The minimum absolute atomic E-state index is 0.203. The summed E-state index contributed by atoms with van der Waals surface area (Å²) in [5.41, 5.74) is 5.21. The predicted molar refractivity (Wildman–Crippen MR) is 64.3 cm³/mol. The molecule has 6 heteroatoms. The van der Waals surface area contributed by atoms with Crippen molar-refractivity contribution in [2.75, 3.05) is 5.73 Å². The minimum Gasteiger partial charge on any atom is -0.398 e. The first-order valence-electron chi connectivity index (χ1n) is 3.70. The van der Waals surface area contributed by atoms with E-state index in [1.165, 1.54) is 15.0 Å². The lowest BCUT2D eigenvalue weighted by Crippen LogP contribution is -2.05. The van der Waals surface area contributed by atoms with Gasteiger partial charge in [0, 0.05) is 32.5 Å². The number of halogens is 4. The highest BCUT2D eigenvalue weighted by molar-refractivity contribution is 14.2. The fourth-order valence-electron chi connectivity index (χ4n) is 0.915. The van der Waals surface area contributed by atoms with E-state index in [-0.39, 0.29) is 11.3 Å². The molecule has 0 amide bonds. The zero-order valence-corrected chi connectivity index (χ0v) is 10.2. The van der Waals surface area contributed by atoms with Gasteiger partial charge in [-0.15, -0.1) is 0 Å². The van der Waals surface area contributed by atoms with Crippen molar-refractivity contribution in [3.8, 4) is 11.2 Å². The van der Waals surface area contributed by atoms with Crippen molar-refractivity contribution in [1.82, 2.24) is 0 Å². The van der Waals surface area contributed by atoms with Crippen LogP contribution in [0.5, 0.6) is 0 Å². The summed E-state index contributed by atoms with van der Waals surface area (Å²) >= 11 is 1.93. The molecule has 0 radical (unpaired) electrons. The van der Waals surface area contributed by atoms with Gasteiger partial charge >= 0.3 is 6.18 Å². The van der Waals surface area contributed by atoms with Crippen LogP contribution in [0.4, 0.5) is 18.9 Å². The van der Waals surface area contributed by atoms with Crippen LogP contribution in [0.15, 0.2) is 18.2 Å². The van der Waals surface area contributed by atoms with E-state index in [2.05, 4.69) is 11.2 Å². The number of nitrogens with two attached hydrogens (primary N) is 1. The lowest BCUT2D eigenvalue weighted by atomic mass is 10.1. The zero-order valence-electron chi connectivity index (χ0n) is 7.23. The summed E-state index contributed by atoms with van der Waals surface area (Å²) in [6, 6.07) is 3.11. The maximum absolute atomic E-state index is 12.3. The Balaban J connectivity index is 3.17. The average Bonchev–Trinajstić information content (AvgIpc) is 2.15. The molecule has 0 aliphatic heterocycles. The van der Waals surface area contributed by atoms with Crippen LogP contribution >= 0.6 is 30.1 Å². The summed E-state index contributed by atoms with van der Waals surface area (Å²) in [4.78, 5) is 0. The Hall–Kier alpha value is -0.550. The third-order valence-electron chi connectivity index (χ3n) is 1.60. The van der Waals surface area contributed by atoms with Gasteiger partial charge in [0.25, 0.3) is 0 Å². The normalized spacial score (nSPS) is 10.7. The van der Waals surface area contributed by atoms with Crippen molar-refractivity contribution >= 4 is 35.8 Å². The minimum atomic E-state index is -4.36. The molecule has 0 heterocycles. The summed E-state index contributed by atoms with van der Waals surface area (Å²) in [6.07, 6.45) is -4.36. The molecule has 0 bridgehead atoms. The van der Waals surface area contributed by atoms with E-state index in [9.17, 15) is 13.2 Å². The molecule has 1 rings (SSSR count). The van der Waals surface area contributed by atoms with Crippen LogP contribution in [-0.4, -0.2) is 0 Å². The van der Waals surface area contributed by atoms with Crippen molar-refractivity contribution in [1.29, 1.82) is 0 Å². The van der Waals surface area contributed by atoms with E-state index < -0.39 is 11.7 Å². The van der Waals surface area contributed by atoms with E-state index >= 15 is 0 Å². The highest BCUT2D eigenvalue weighted by Gasteiger charge is 2.30. The first-order chi connectivity index (χ1) is 6.95. The Labute approximate surface area is 101 Å². The topological polar surface area (TPSA) is 26.0 Å². The molecule has 0 atom stereocenters. The van der Waals surface area contributed by atoms with Crippen LogP contribution in [0.25, 0.3) is 0 Å². The molecule has 80 valence electrons. The molecule has 15 heavy (non-hydrogen) atoms.